The minimum atomic E-state index is 0.0590. The van der Waals surface area contributed by atoms with Crippen LogP contribution in [0.2, 0.25) is 0 Å². The Morgan fingerprint density at radius 2 is 1.60 bits per heavy atom. The van der Waals surface area contributed by atoms with Gasteiger partial charge in [0.15, 0.2) is 0 Å². The first-order valence-corrected chi connectivity index (χ1v) is 8.04. The molecule has 0 spiro atoms. The number of rotatable bonds is 7. The van der Waals surface area contributed by atoms with Crippen LogP contribution in [0.5, 0.6) is 0 Å². The molecule has 0 aliphatic rings. The van der Waals surface area contributed by atoms with Gasteiger partial charge in [0.25, 0.3) is 0 Å². The fourth-order valence-corrected chi connectivity index (χ4v) is 3.65. The third kappa shape index (κ3) is 3.07. The molecule has 20 heavy (non-hydrogen) atoms. The summed E-state index contributed by atoms with van der Waals surface area (Å²) < 4.78 is 0. The lowest BCUT2D eigenvalue weighted by Gasteiger charge is -2.47. The second-order valence-corrected chi connectivity index (χ2v) is 5.82. The minimum Gasteiger partial charge on any atom is -0.322 e. The molecule has 0 amide bonds. The van der Waals surface area contributed by atoms with Crippen molar-refractivity contribution in [1.29, 1.82) is 0 Å². The molecule has 1 aromatic carbocycles. The van der Waals surface area contributed by atoms with Crippen LogP contribution in [0.1, 0.15) is 63.3 Å². The zero-order chi connectivity index (χ0) is 15.3. The third-order valence-electron chi connectivity index (χ3n) is 4.96. The van der Waals surface area contributed by atoms with E-state index in [1.54, 1.807) is 0 Å². The Kier molecular flexibility index (Phi) is 6.22. The van der Waals surface area contributed by atoms with E-state index in [0.717, 1.165) is 25.9 Å². The van der Waals surface area contributed by atoms with Crippen molar-refractivity contribution in [2.75, 3.05) is 13.1 Å². The smallest absolute Gasteiger partial charge is 0.0484 e. The minimum absolute atomic E-state index is 0.0590. The van der Waals surface area contributed by atoms with E-state index in [2.05, 4.69) is 64.6 Å². The van der Waals surface area contributed by atoms with E-state index < -0.39 is 0 Å². The number of nitrogens with two attached hydrogens (primary N) is 1. The van der Waals surface area contributed by atoms with Crippen LogP contribution in [0, 0.1) is 13.8 Å². The molecule has 0 fully saturated rings. The van der Waals surface area contributed by atoms with Crippen molar-refractivity contribution < 1.29 is 0 Å². The monoisotopic (exact) mass is 276 g/mol. The average Bonchev–Trinajstić information content (AvgIpc) is 2.44. The van der Waals surface area contributed by atoms with Crippen molar-refractivity contribution >= 4 is 0 Å². The average molecular weight is 276 g/mol. The van der Waals surface area contributed by atoms with Gasteiger partial charge in [-0.25, -0.2) is 0 Å². The third-order valence-corrected chi connectivity index (χ3v) is 4.96. The molecular weight excluding hydrogens is 244 g/mol. The highest BCUT2D eigenvalue weighted by Crippen LogP contribution is 2.37. The molecule has 0 saturated carbocycles. The van der Waals surface area contributed by atoms with Gasteiger partial charge >= 0.3 is 0 Å². The van der Waals surface area contributed by atoms with E-state index >= 15 is 0 Å². The van der Waals surface area contributed by atoms with Crippen LogP contribution >= 0.6 is 0 Å². The van der Waals surface area contributed by atoms with E-state index in [1.807, 2.05) is 0 Å². The molecule has 0 saturated heterocycles. The molecule has 2 N–H and O–H groups in total. The Labute approximate surface area is 125 Å². The lowest BCUT2D eigenvalue weighted by Crippen LogP contribution is -2.55. The van der Waals surface area contributed by atoms with Crippen LogP contribution < -0.4 is 5.73 Å². The molecule has 0 aromatic heterocycles. The molecule has 1 rings (SSSR count). The highest BCUT2D eigenvalue weighted by atomic mass is 15.2. The van der Waals surface area contributed by atoms with E-state index in [1.165, 1.54) is 16.7 Å². The molecule has 0 aliphatic heterocycles. The van der Waals surface area contributed by atoms with Crippen LogP contribution in [0.4, 0.5) is 0 Å². The predicted molar refractivity (Wildman–Crippen MR) is 89.1 cm³/mol. The molecule has 2 nitrogen and oxygen atoms in total. The normalized spacial score (nSPS) is 13.8. The lowest BCUT2D eigenvalue weighted by atomic mass is 9.78. The number of nitrogens with zero attached hydrogens (tertiary/aromatic N) is 1. The SMILES string of the molecule is CCN(CC)C(CC)(CC)C(N)c1ccc(C)cc1C. The van der Waals surface area contributed by atoms with E-state index in [4.69, 9.17) is 5.73 Å². The van der Waals surface area contributed by atoms with E-state index in [-0.39, 0.29) is 11.6 Å². The summed E-state index contributed by atoms with van der Waals surface area (Å²) in [6.07, 6.45) is 2.17. The summed E-state index contributed by atoms with van der Waals surface area (Å²) in [6, 6.07) is 6.71. The van der Waals surface area contributed by atoms with Gasteiger partial charge in [-0.1, -0.05) is 51.5 Å². The van der Waals surface area contributed by atoms with Crippen molar-refractivity contribution in [1.82, 2.24) is 4.90 Å². The quantitative estimate of drug-likeness (QED) is 0.808. The molecule has 0 heterocycles. The second kappa shape index (κ2) is 7.24. The van der Waals surface area contributed by atoms with Crippen molar-refractivity contribution in [3.63, 3.8) is 0 Å². The molecule has 114 valence electrons. The maximum Gasteiger partial charge on any atom is 0.0484 e. The number of benzene rings is 1. The van der Waals surface area contributed by atoms with Crippen molar-refractivity contribution in [2.45, 2.75) is 66.0 Å². The maximum absolute atomic E-state index is 6.76. The molecule has 2 heteroatoms. The fraction of sp³-hybridized carbons (Fsp3) is 0.667. The first-order chi connectivity index (χ1) is 9.46. The van der Waals surface area contributed by atoms with Crippen LogP contribution in [-0.4, -0.2) is 23.5 Å². The Morgan fingerprint density at radius 1 is 1.05 bits per heavy atom. The van der Waals surface area contributed by atoms with Gasteiger partial charge in [-0.05, 0) is 50.9 Å². The van der Waals surface area contributed by atoms with Gasteiger partial charge in [0.05, 0.1) is 0 Å². The molecule has 1 atom stereocenters. The summed E-state index contributed by atoms with van der Waals surface area (Å²) in [5, 5.41) is 0. The summed E-state index contributed by atoms with van der Waals surface area (Å²) in [4.78, 5) is 2.54. The standard InChI is InChI=1S/C18H32N2/c1-7-18(8-2,20(9-3)10-4)17(19)16-12-11-14(5)13-15(16)6/h11-13,17H,7-10,19H2,1-6H3. The van der Waals surface area contributed by atoms with E-state index in [9.17, 15) is 0 Å². The molecular formula is C18H32N2. The van der Waals surface area contributed by atoms with Crippen LogP contribution in [0.15, 0.2) is 18.2 Å². The van der Waals surface area contributed by atoms with E-state index in [0.29, 0.717) is 0 Å². The summed E-state index contributed by atoms with van der Waals surface area (Å²) >= 11 is 0. The first kappa shape index (κ1) is 17.2. The zero-order valence-electron chi connectivity index (χ0n) is 14.2. The van der Waals surface area contributed by atoms with Crippen LogP contribution in [0.3, 0.4) is 0 Å². The Balaban J connectivity index is 3.26. The highest BCUT2D eigenvalue weighted by molar-refractivity contribution is 5.34. The fourth-order valence-electron chi connectivity index (χ4n) is 3.65. The number of hydrogen-bond donors (Lipinski definition) is 1. The van der Waals surface area contributed by atoms with Crippen molar-refractivity contribution in [3.05, 3.63) is 34.9 Å². The van der Waals surface area contributed by atoms with Gasteiger partial charge < -0.3 is 5.73 Å². The second-order valence-electron chi connectivity index (χ2n) is 5.82. The molecule has 0 bridgehead atoms. The summed E-state index contributed by atoms with van der Waals surface area (Å²) in [5.41, 5.74) is 10.7. The maximum atomic E-state index is 6.76. The van der Waals surface area contributed by atoms with Gasteiger partial charge in [-0.15, -0.1) is 0 Å². The topological polar surface area (TPSA) is 29.3 Å². The highest BCUT2D eigenvalue weighted by Gasteiger charge is 2.39. The van der Waals surface area contributed by atoms with Crippen molar-refractivity contribution in [2.24, 2.45) is 5.73 Å². The summed E-state index contributed by atoms with van der Waals surface area (Å²) in [5.74, 6) is 0. The number of likely N-dealkylation sites (N-methyl/N-ethyl adjacent to an activating group) is 1. The van der Waals surface area contributed by atoms with Gasteiger partial charge in [0, 0.05) is 11.6 Å². The zero-order valence-corrected chi connectivity index (χ0v) is 14.2. The summed E-state index contributed by atoms with van der Waals surface area (Å²) in [7, 11) is 0. The number of hydrogen-bond acceptors (Lipinski definition) is 2. The Bertz CT molecular complexity index is 417. The van der Waals surface area contributed by atoms with Gasteiger partial charge in [-0.2, -0.15) is 0 Å². The molecule has 1 unspecified atom stereocenters. The summed E-state index contributed by atoms with van der Waals surface area (Å²) in [6.45, 7) is 15.4. The van der Waals surface area contributed by atoms with Gasteiger partial charge in [0.1, 0.15) is 0 Å². The van der Waals surface area contributed by atoms with Crippen LogP contribution in [0.25, 0.3) is 0 Å². The molecule has 0 radical (unpaired) electrons. The van der Waals surface area contributed by atoms with Crippen LogP contribution in [-0.2, 0) is 0 Å². The lowest BCUT2D eigenvalue weighted by molar-refractivity contribution is 0.0623. The first-order valence-electron chi connectivity index (χ1n) is 8.04. The Morgan fingerprint density at radius 3 is 2.00 bits per heavy atom. The molecule has 1 aromatic rings. The predicted octanol–water partition coefficient (Wildman–Crippen LogP) is 4.20. The number of aryl methyl sites for hydroxylation is 2. The largest absolute Gasteiger partial charge is 0.322 e. The molecule has 0 aliphatic carbocycles. The Hall–Kier alpha value is -0.860. The van der Waals surface area contributed by atoms with Crippen molar-refractivity contribution in [3.8, 4) is 0 Å². The van der Waals surface area contributed by atoms with Gasteiger partial charge in [0.2, 0.25) is 0 Å². The van der Waals surface area contributed by atoms with Gasteiger partial charge in [-0.3, -0.25) is 4.90 Å².